The summed E-state index contributed by atoms with van der Waals surface area (Å²) in [6, 6.07) is 16.2. The molecule has 1 N–H and O–H groups in total. The molecule has 0 fully saturated rings. The SMILES string of the molecule is CCCc1c(OCCCOc2cc(O)c(Br)cc2CC)cccc1Oc1ccccc1C(=O)OC. The topological polar surface area (TPSA) is 74.2 Å². The number of phenolic OH excluding ortho intramolecular Hbond substituents is 1. The lowest BCUT2D eigenvalue weighted by Gasteiger charge is -2.17. The Balaban J connectivity index is 1.67. The van der Waals surface area contributed by atoms with Crippen molar-refractivity contribution in [3.8, 4) is 28.7 Å². The third-order valence-electron chi connectivity index (χ3n) is 5.42. The summed E-state index contributed by atoms with van der Waals surface area (Å²) in [4.78, 5) is 12.1. The van der Waals surface area contributed by atoms with Gasteiger partial charge in [0.05, 0.1) is 24.8 Å². The van der Waals surface area contributed by atoms with Crippen LogP contribution in [0.3, 0.4) is 0 Å². The molecule has 3 aromatic carbocycles. The molecule has 0 aliphatic carbocycles. The number of benzene rings is 3. The van der Waals surface area contributed by atoms with E-state index in [9.17, 15) is 9.90 Å². The molecule has 0 spiro atoms. The standard InChI is InChI=1S/C28H31BrO6/c1-4-10-20-24(33-15-9-16-34-27-18-23(30)22(29)17-19(27)5-2)13-8-14-25(20)35-26-12-7-6-11-21(26)28(31)32-3/h6-8,11-14,17-18,30H,4-5,9-10,15-16H2,1-3H3. The zero-order valence-corrected chi connectivity index (χ0v) is 21.9. The number of para-hydroxylation sites is 1. The lowest BCUT2D eigenvalue weighted by molar-refractivity contribution is 0.0598. The maximum atomic E-state index is 12.1. The van der Waals surface area contributed by atoms with E-state index in [1.807, 2.05) is 37.3 Å². The van der Waals surface area contributed by atoms with Crippen LogP contribution < -0.4 is 14.2 Å². The quantitative estimate of drug-likeness (QED) is 0.194. The highest BCUT2D eigenvalue weighted by Gasteiger charge is 2.16. The van der Waals surface area contributed by atoms with Crippen molar-refractivity contribution in [3.63, 3.8) is 0 Å². The van der Waals surface area contributed by atoms with Gasteiger partial charge in [-0.3, -0.25) is 0 Å². The van der Waals surface area contributed by atoms with E-state index in [1.165, 1.54) is 7.11 Å². The Kier molecular flexibility index (Phi) is 9.85. The molecule has 0 bridgehead atoms. The first-order valence-corrected chi connectivity index (χ1v) is 12.5. The van der Waals surface area contributed by atoms with E-state index in [4.69, 9.17) is 18.9 Å². The minimum atomic E-state index is -0.449. The van der Waals surface area contributed by atoms with Gasteiger partial charge in [0.25, 0.3) is 0 Å². The van der Waals surface area contributed by atoms with Gasteiger partial charge in [-0.1, -0.05) is 38.5 Å². The van der Waals surface area contributed by atoms with Crippen LogP contribution in [-0.4, -0.2) is 31.4 Å². The van der Waals surface area contributed by atoms with Crippen LogP contribution >= 0.6 is 15.9 Å². The van der Waals surface area contributed by atoms with Gasteiger partial charge in [-0.15, -0.1) is 0 Å². The lowest BCUT2D eigenvalue weighted by Crippen LogP contribution is -2.08. The van der Waals surface area contributed by atoms with Gasteiger partial charge < -0.3 is 24.1 Å². The molecule has 0 saturated carbocycles. The zero-order valence-electron chi connectivity index (χ0n) is 20.3. The Bertz CT molecular complexity index is 1140. The first-order valence-electron chi connectivity index (χ1n) is 11.7. The van der Waals surface area contributed by atoms with Crippen LogP contribution in [0.15, 0.2) is 59.1 Å². The summed E-state index contributed by atoms with van der Waals surface area (Å²) in [5.41, 5.74) is 2.34. The number of carbonyl (C=O) groups excluding carboxylic acids is 1. The summed E-state index contributed by atoms with van der Waals surface area (Å²) >= 11 is 3.34. The van der Waals surface area contributed by atoms with Gasteiger partial charge >= 0.3 is 5.97 Å². The number of ether oxygens (including phenoxy) is 4. The minimum Gasteiger partial charge on any atom is -0.507 e. The second-order valence-electron chi connectivity index (χ2n) is 7.89. The van der Waals surface area contributed by atoms with Crippen LogP contribution in [0.1, 0.15) is 48.2 Å². The van der Waals surface area contributed by atoms with Gasteiger partial charge in [0, 0.05) is 18.1 Å². The number of phenols is 1. The molecular formula is C28H31BrO6. The Hall–Kier alpha value is -3.19. The number of esters is 1. The second-order valence-corrected chi connectivity index (χ2v) is 8.74. The number of hydrogen-bond donors (Lipinski definition) is 1. The number of hydrogen-bond acceptors (Lipinski definition) is 6. The predicted octanol–water partition coefficient (Wildman–Crippen LogP) is 7.10. The van der Waals surface area contributed by atoms with E-state index >= 15 is 0 Å². The summed E-state index contributed by atoms with van der Waals surface area (Å²) in [6.07, 6.45) is 3.14. The molecule has 35 heavy (non-hydrogen) atoms. The van der Waals surface area contributed by atoms with Crippen molar-refractivity contribution in [1.82, 2.24) is 0 Å². The maximum Gasteiger partial charge on any atom is 0.341 e. The van der Waals surface area contributed by atoms with E-state index in [-0.39, 0.29) is 5.75 Å². The van der Waals surface area contributed by atoms with Gasteiger partial charge in [-0.05, 0) is 64.7 Å². The third kappa shape index (κ3) is 6.92. The van der Waals surface area contributed by atoms with Crippen molar-refractivity contribution < 1.29 is 28.8 Å². The van der Waals surface area contributed by atoms with Crippen LogP contribution in [0.4, 0.5) is 0 Å². The molecule has 3 rings (SSSR count). The van der Waals surface area contributed by atoms with Crippen molar-refractivity contribution in [3.05, 3.63) is 75.8 Å². The van der Waals surface area contributed by atoms with Crippen LogP contribution in [0.2, 0.25) is 0 Å². The molecule has 0 aliphatic heterocycles. The molecule has 0 aromatic heterocycles. The van der Waals surface area contributed by atoms with Crippen LogP contribution in [0.25, 0.3) is 0 Å². The van der Waals surface area contributed by atoms with Crippen molar-refractivity contribution in [2.75, 3.05) is 20.3 Å². The molecule has 3 aromatic rings. The number of methoxy groups -OCH3 is 1. The summed E-state index contributed by atoms with van der Waals surface area (Å²) in [7, 11) is 1.35. The predicted molar refractivity (Wildman–Crippen MR) is 139 cm³/mol. The van der Waals surface area contributed by atoms with Crippen molar-refractivity contribution in [2.24, 2.45) is 0 Å². The smallest absolute Gasteiger partial charge is 0.341 e. The van der Waals surface area contributed by atoms with E-state index in [2.05, 4.69) is 22.9 Å². The molecule has 7 heteroatoms. The molecule has 0 atom stereocenters. The van der Waals surface area contributed by atoms with Gasteiger partial charge in [0.2, 0.25) is 0 Å². The summed E-state index contributed by atoms with van der Waals surface area (Å²) in [6.45, 7) is 5.06. The number of halogens is 1. The van der Waals surface area contributed by atoms with Crippen LogP contribution in [0.5, 0.6) is 28.7 Å². The number of aromatic hydroxyl groups is 1. The van der Waals surface area contributed by atoms with Gasteiger partial charge in [-0.2, -0.15) is 0 Å². The van der Waals surface area contributed by atoms with Crippen LogP contribution in [0, 0.1) is 0 Å². The number of carbonyl (C=O) groups is 1. The first-order chi connectivity index (χ1) is 17.0. The molecule has 186 valence electrons. The fraction of sp³-hybridized carbons (Fsp3) is 0.321. The van der Waals surface area contributed by atoms with E-state index < -0.39 is 5.97 Å². The van der Waals surface area contributed by atoms with Gasteiger partial charge in [-0.25, -0.2) is 4.79 Å². The van der Waals surface area contributed by atoms with Crippen molar-refractivity contribution in [2.45, 2.75) is 39.5 Å². The highest BCUT2D eigenvalue weighted by molar-refractivity contribution is 9.10. The lowest BCUT2D eigenvalue weighted by atomic mass is 10.1. The van der Waals surface area contributed by atoms with E-state index in [0.29, 0.717) is 46.9 Å². The average Bonchev–Trinajstić information content (AvgIpc) is 2.87. The summed E-state index contributed by atoms with van der Waals surface area (Å²) < 4.78 is 23.7. The molecule has 0 aliphatic rings. The van der Waals surface area contributed by atoms with Crippen molar-refractivity contribution >= 4 is 21.9 Å². The molecule has 0 amide bonds. The Morgan fingerprint density at radius 2 is 1.60 bits per heavy atom. The molecule has 0 heterocycles. The fourth-order valence-corrected chi connectivity index (χ4v) is 4.03. The molecule has 0 unspecified atom stereocenters. The maximum absolute atomic E-state index is 12.1. The Morgan fingerprint density at radius 1 is 0.914 bits per heavy atom. The Labute approximate surface area is 214 Å². The molecule has 0 saturated heterocycles. The summed E-state index contributed by atoms with van der Waals surface area (Å²) in [5.74, 6) is 2.22. The molecule has 0 radical (unpaired) electrons. The highest BCUT2D eigenvalue weighted by Crippen LogP contribution is 2.35. The van der Waals surface area contributed by atoms with Crippen molar-refractivity contribution in [1.29, 1.82) is 0 Å². The van der Waals surface area contributed by atoms with E-state index in [1.54, 1.807) is 24.3 Å². The summed E-state index contributed by atoms with van der Waals surface area (Å²) in [5, 5.41) is 9.96. The van der Waals surface area contributed by atoms with Crippen LogP contribution in [-0.2, 0) is 17.6 Å². The molecule has 6 nitrogen and oxygen atoms in total. The number of aryl methyl sites for hydroxylation is 1. The van der Waals surface area contributed by atoms with E-state index in [0.717, 1.165) is 36.1 Å². The first kappa shape index (κ1) is 26.4. The fourth-order valence-electron chi connectivity index (χ4n) is 3.64. The average molecular weight is 543 g/mol. The molecular weight excluding hydrogens is 512 g/mol. The van der Waals surface area contributed by atoms with Gasteiger partial charge in [0.1, 0.15) is 34.3 Å². The largest absolute Gasteiger partial charge is 0.507 e. The number of rotatable bonds is 12. The Morgan fingerprint density at radius 3 is 2.31 bits per heavy atom. The normalized spacial score (nSPS) is 10.6. The zero-order chi connectivity index (χ0) is 25.2. The monoisotopic (exact) mass is 542 g/mol. The minimum absolute atomic E-state index is 0.156. The second kappa shape index (κ2) is 13.0. The third-order valence-corrected chi connectivity index (χ3v) is 6.05. The van der Waals surface area contributed by atoms with Gasteiger partial charge in [0.15, 0.2) is 0 Å². The highest BCUT2D eigenvalue weighted by atomic mass is 79.9.